The second-order valence-electron chi connectivity index (χ2n) is 13.4. The van der Waals surface area contributed by atoms with Crippen LogP contribution >= 0.6 is 0 Å². The minimum Gasteiger partial charge on any atom is -0.309 e. The highest BCUT2D eigenvalue weighted by Crippen LogP contribution is 2.12. The van der Waals surface area contributed by atoms with Gasteiger partial charge in [0.05, 0.1) is 6.61 Å². The van der Waals surface area contributed by atoms with Gasteiger partial charge in [-0.3, -0.25) is 9.63 Å². The lowest BCUT2D eigenvalue weighted by molar-refractivity contribution is -0.187. The molecule has 1 amide bonds. The first-order valence-electron chi connectivity index (χ1n) is 19.8. The summed E-state index contributed by atoms with van der Waals surface area (Å²) >= 11 is 0. The molecule has 0 unspecified atom stereocenters. The first-order valence-corrected chi connectivity index (χ1v) is 19.8. The maximum Gasteiger partial charge on any atom is 0.246 e. The summed E-state index contributed by atoms with van der Waals surface area (Å²) in [6, 6.07) is 0. The molecular weight excluding hydrogens is 564 g/mol. The summed E-state index contributed by atoms with van der Waals surface area (Å²) < 4.78 is 0. The highest BCUT2D eigenvalue weighted by Gasteiger charge is 2.14. The Bertz CT molecular complexity index is 740. The molecule has 0 N–H and O–H groups in total. The molecule has 0 saturated carbocycles. The molecule has 0 radical (unpaired) electrons. The van der Waals surface area contributed by atoms with Gasteiger partial charge in [0.25, 0.3) is 0 Å². The fourth-order valence-corrected chi connectivity index (χ4v) is 5.44. The minimum absolute atomic E-state index is 0.157. The second kappa shape index (κ2) is 37.8. The normalized spacial score (nSPS) is 12.3. The van der Waals surface area contributed by atoms with Crippen LogP contribution in [0.15, 0.2) is 48.6 Å². The van der Waals surface area contributed by atoms with Gasteiger partial charge >= 0.3 is 0 Å². The number of hydrogen-bond donors (Lipinski definition) is 0. The Balaban J connectivity index is 3.95. The number of carbonyl (C=O) groups excluding carboxylic acids is 1. The average Bonchev–Trinajstić information content (AvgIpc) is 3.04. The third-order valence-electron chi connectivity index (χ3n) is 8.43. The zero-order valence-electron chi connectivity index (χ0n) is 31.3. The van der Waals surface area contributed by atoms with E-state index in [0.29, 0.717) is 13.0 Å². The molecule has 0 rings (SSSR count). The van der Waals surface area contributed by atoms with Gasteiger partial charge in [0.15, 0.2) is 0 Å². The molecule has 0 aliphatic rings. The fourth-order valence-electron chi connectivity index (χ4n) is 5.44. The van der Waals surface area contributed by atoms with Crippen LogP contribution in [-0.4, -0.2) is 49.7 Å². The molecule has 0 atom stereocenters. The van der Waals surface area contributed by atoms with Gasteiger partial charge in [0, 0.05) is 13.0 Å². The lowest BCUT2D eigenvalue weighted by Crippen LogP contribution is -2.33. The smallest absolute Gasteiger partial charge is 0.246 e. The first kappa shape index (κ1) is 44.4. The van der Waals surface area contributed by atoms with E-state index in [1.54, 1.807) is 5.06 Å². The number of carbonyl (C=O) groups is 1. The van der Waals surface area contributed by atoms with E-state index in [4.69, 9.17) is 4.84 Å². The summed E-state index contributed by atoms with van der Waals surface area (Å²) in [5.41, 5.74) is 0. The van der Waals surface area contributed by atoms with Crippen molar-refractivity contribution in [2.45, 2.75) is 181 Å². The third kappa shape index (κ3) is 35.2. The van der Waals surface area contributed by atoms with Crippen LogP contribution in [0, 0.1) is 0 Å². The number of hydrogen-bond acceptors (Lipinski definition) is 3. The lowest BCUT2D eigenvalue weighted by atomic mass is 10.1. The van der Waals surface area contributed by atoms with Crippen LogP contribution in [0.5, 0.6) is 0 Å². The standard InChI is InChI=1S/C42H78N2O2/c1-5-7-9-11-13-15-17-19-21-23-25-27-29-31-33-35-40-44(42(45)38-37-39-43(3)4)46-41-36-34-32-30-28-26-24-22-20-18-16-14-12-10-8-6-2/h13-16,19-22H,5-12,17-18,23-41H2,1-4H3/b15-13-,16-14-,21-19-,22-20-. The molecule has 0 fully saturated rings. The Morgan fingerprint density at radius 1 is 0.478 bits per heavy atom. The summed E-state index contributed by atoms with van der Waals surface area (Å²) in [7, 11) is 4.13. The van der Waals surface area contributed by atoms with Gasteiger partial charge in [-0.05, 0) is 104 Å². The first-order chi connectivity index (χ1) is 22.6. The molecule has 0 aliphatic carbocycles. The van der Waals surface area contributed by atoms with E-state index in [1.165, 1.54) is 128 Å². The molecule has 0 aromatic carbocycles. The SMILES string of the molecule is CCCCC/C=C\C/C=C\CCCCCCCCON(CCCCCCCC/C=C\C/C=C\CCCCC)C(=O)CCCN(C)C. The quantitative estimate of drug-likeness (QED) is 0.0392. The van der Waals surface area contributed by atoms with Crippen molar-refractivity contribution in [3.63, 3.8) is 0 Å². The Labute approximate surface area is 288 Å². The summed E-state index contributed by atoms with van der Waals surface area (Å²) in [5, 5.41) is 1.70. The predicted octanol–water partition coefficient (Wildman–Crippen LogP) is 12.7. The topological polar surface area (TPSA) is 32.8 Å². The maximum absolute atomic E-state index is 12.9. The Hall–Kier alpha value is -1.65. The number of hydroxylamine groups is 2. The molecule has 0 bridgehead atoms. The summed E-state index contributed by atoms with van der Waals surface area (Å²) in [6.07, 6.45) is 49.8. The van der Waals surface area contributed by atoms with E-state index < -0.39 is 0 Å². The number of rotatable bonds is 35. The van der Waals surface area contributed by atoms with Gasteiger partial charge in [-0.2, -0.15) is 0 Å². The van der Waals surface area contributed by atoms with Crippen LogP contribution in [0.4, 0.5) is 0 Å². The van der Waals surface area contributed by atoms with E-state index in [2.05, 4.69) is 81.5 Å². The van der Waals surface area contributed by atoms with Crippen molar-refractivity contribution >= 4 is 5.91 Å². The summed E-state index contributed by atoms with van der Waals surface area (Å²) in [4.78, 5) is 21.1. The Kier molecular flexibility index (Phi) is 36.4. The van der Waals surface area contributed by atoms with E-state index >= 15 is 0 Å². The number of unbranched alkanes of at least 4 members (excludes halogenated alkanes) is 18. The highest BCUT2D eigenvalue weighted by molar-refractivity contribution is 5.75. The predicted molar refractivity (Wildman–Crippen MR) is 204 cm³/mol. The van der Waals surface area contributed by atoms with Crippen LogP contribution in [0.1, 0.15) is 181 Å². The van der Waals surface area contributed by atoms with Crippen molar-refractivity contribution in [2.75, 3.05) is 33.8 Å². The molecule has 0 aliphatic heterocycles. The van der Waals surface area contributed by atoms with Crippen molar-refractivity contribution in [1.82, 2.24) is 9.96 Å². The van der Waals surface area contributed by atoms with E-state index in [0.717, 1.165) is 45.2 Å². The summed E-state index contributed by atoms with van der Waals surface area (Å²) in [5.74, 6) is 0.157. The van der Waals surface area contributed by atoms with Crippen molar-refractivity contribution in [3.8, 4) is 0 Å². The number of amides is 1. The van der Waals surface area contributed by atoms with Crippen LogP contribution < -0.4 is 0 Å². The molecule has 268 valence electrons. The van der Waals surface area contributed by atoms with Crippen LogP contribution in [0.2, 0.25) is 0 Å². The molecule has 0 aromatic rings. The Morgan fingerprint density at radius 2 is 0.891 bits per heavy atom. The van der Waals surface area contributed by atoms with Gasteiger partial charge < -0.3 is 4.90 Å². The zero-order chi connectivity index (χ0) is 33.6. The number of nitrogens with zero attached hydrogens (tertiary/aromatic N) is 2. The molecule has 46 heavy (non-hydrogen) atoms. The van der Waals surface area contributed by atoms with Crippen molar-refractivity contribution in [2.24, 2.45) is 0 Å². The minimum atomic E-state index is 0.157. The Morgan fingerprint density at radius 3 is 1.35 bits per heavy atom. The largest absolute Gasteiger partial charge is 0.309 e. The highest BCUT2D eigenvalue weighted by atomic mass is 16.7. The maximum atomic E-state index is 12.9. The van der Waals surface area contributed by atoms with Crippen molar-refractivity contribution in [1.29, 1.82) is 0 Å². The molecule has 0 saturated heterocycles. The van der Waals surface area contributed by atoms with Gasteiger partial charge in [0.2, 0.25) is 5.91 Å². The van der Waals surface area contributed by atoms with Gasteiger partial charge in [0.1, 0.15) is 0 Å². The molecule has 0 aromatic heterocycles. The molecule has 4 heteroatoms. The van der Waals surface area contributed by atoms with E-state index in [9.17, 15) is 4.79 Å². The van der Waals surface area contributed by atoms with Gasteiger partial charge in [-0.25, -0.2) is 5.06 Å². The summed E-state index contributed by atoms with van der Waals surface area (Å²) in [6.45, 7) is 6.85. The fraction of sp³-hybridized carbons (Fsp3) is 0.786. The molecule has 0 heterocycles. The van der Waals surface area contributed by atoms with Crippen LogP contribution in [-0.2, 0) is 9.63 Å². The third-order valence-corrected chi connectivity index (χ3v) is 8.43. The number of allylic oxidation sites excluding steroid dienone is 8. The molecular formula is C42H78N2O2. The van der Waals surface area contributed by atoms with Gasteiger partial charge in [-0.1, -0.05) is 140 Å². The van der Waals surface area contributed by atoms with E-state index in [1.807, 2.05) is 0 Å². The van der Waals surface area contributed by atoms with E-state index in [-0.39, 0.29) is 5.91 Å². The van der Waals surface area contributed by atoms with Crippen LogP contribution in [0.3, 0.4) is 0 Å². The average molecular weight is 643 g/mol. The van der Waals surface area contributed by atoms with Crippen LogP contribution in [0.25, 0.3) is 0 Å². The lowest BCUT2D eigenvalue weighted by Gasteiger charge is -2.22. The monoisotopic (exact) mass is 643 g/mol. The second-order valence-corrected chi connectivity index (χ2v) is 13.4. The molecule has 4 nitrogen and oxygen atoms in total. The van der Waals surface area contributed by atoms with Crippen molar-refractivity contribution in [3.05, 3.63) is 48.6 Å². The zero-order valence-corrected chi connectivity index (χ0v) is 31.3. The van der Waals surface area contributed by atoms with Crippen molar-refractivity contribution < 1.29 is 9.63 Å². The van der Waals surface area contributed by atoms with Gasteiger partial charge in [-0.15, -0.1) is 0 Å². The molecule has 0 spiro atoms.